The van der Waals surface area contributed by atoms with Gasteiger partial charge in [0.25, 0.3) is 5.91 Å². The van der Waals surface area contributed by atoms with Gasteiger partial charge in [-0.25, -0.2) is 0 Å². The molecular formula is C13H15N3OS. The topological polar surface area (TPSA) is 38.1 Å². The average Bonchev–Trinajstić information content (AvgIpc) is 2.85. The van der Waals surface area contributed by atoms with Crippen LogP contribution in [0.3, 0.4) is 0 Å². The van der Waals surface area contributed by atoms with E-state index in [2.05, 4.69) is 12.0 Å². The number of fused-ring (bicyclic) bond motifs is 1. The van der Waals surface area contributed by atoms with Crippen LogP contribution < -0.4 is 4.90 Å². The molecule has 1 aromatic carbocycles. The molecule has 2 heterocycles. The molecule has 1 aliphatic heterocycles. The number of anilines is 1. The molecule has 1 amide bonds. The molecule has 0 aliphatic carbocycles. The zero-order valence-electron chi connectivity index (χ0n) is 10.1. The molecule has 0 fully saturated rings. The van der Waals surface area contributed by atoms with Crippen molar-refractivity contribution in [1.82, 2.24) is 9.78 Å². The molecule has 18 heavy (non-hydrogen) atoms. The van der Waals surface area contributed by atoms with Crippen LogP contribution in [-0.4, -0.2) is 22.2 Å². The number of para-hydroxylation sites is 1. The van der Waals surface area contributed by atoms with Crippen molar-refractivity contribution >= 4 is 25.1 Å². The van der Waals surface area contributed by atoms with Crippen molar-refractivity contribution < 1.29 is 4.79 Å². The molecular weight excluding hydrogens is 246 g/mol. The van der Waals surface area contributed by atoms with Gasteiger partial charge in [0.05, 0.1) is 6.04 Å². The normalized spacial score (nSPS) is 18.2. The molecule has 94 valence electrons. The number of hydrogen-bond acceptors (Lipinski definition) is 2. The molecule has 1 atom stereocenters. The maximum Gasteiger partial charge on any atom is 0.276 e. The van der Waals surface area contributed by atoms with Gasteiger partial charge in [-0.05, 0) is 25.1 Å². The SMILES string of the molecule is C[C@H]1CN(c2ccccc2)C(=O)c2ccnn21.S. The van der Waals surface area contributed by atoms with E-state index >= 15 is 0 Å². The van der Waals surface area contributed by atoms with Crippen LogP contribution >= 0.6 is 13.5 Å². The summed E-state index contributed by atoms with van der Waals surface area (Å²) in [5, 5.41) is 4.19. The molecule has 0 unspecified atom stereocenters. The van der Waals surface area contributed by atoms with Crippen LogP contribution in [-0.2, 0) is 0 Å². The average molecular weight is 261 g/mol. The fourth-order valence-corrected chi connectivity index (χ4v) is 2.23. The lowest BCUT2D eigenvalue weighted by molar-refractivity contribution is 0.0953. The van der Waals surface area contributed by atoms with Gasteiger partial charge in [-0.2, -0.15) is 18.6 Å². The standard InChI is InChI=1S/C13H13N3O.H2S/c1-10-9-15(11-5-3-2-4-6-11)13(17)12-7-8-14-16(10)12;/h2-8,10H,9H2,1H3;1H2/t10-;/m0./s1. The highest BCUT2D eigenvalue weighted by Gasteiger charge is 2.29. The number of amides is 1. The van der Waals surface area contributed by atoms with Crippen molar-refractivity contribution in [1.29, 1.82) is 0 Å². The Morgan fingerprint density at radius 3 is 2.67 bits per heavy atom. The highest BCUT2D eigenvalue weighted by molar-refractivity contribution is 7.59. The Balaban J connectivity index is 0.00000120. The molecule has 5 heteroatoms. The highest BCUT2D eigenvalue weighted by atomic mass is 32.1. The summed E-state index contributed by atoms with van der Waals surface area (Å²) in [6.45, 7) is 2.73. The van der Waals surface area contributed by atoms with Crippen molar-refractivity contribution in [2.45, 2.75) is 13.0 Å². The first-order valence-corrected chi connectivity index (χ1v) is 5.68. The third kappa shape index (κ3) is 1.90. The lowest BCUT2D eigenvalue weighted by atomic mass is 10.1. The third-order valence-electron chi connectivity index (χ3n) is 3.07. The van der Waals surface area contributed by atoms with E-state index in [9.17, 15) is 4.79 Å². The zero-order chi connectivity index (χ0) is 11.8. The minimum atomic E-state index is 0. The summed E-state index contributed by atoms with van der Waals surface area (Å²) in [6.07, 6.45) is 1.68. The van der Waals surface area contributed by atoms with Crippen LogP contribution in [0.1, 0.15) is 23.5 Å². The fraction of sp³-hybridized carbons (Fsp3) is 0.231. The van der Waals surface area contributed by atoms with Crippen LogP contribution in [0.2, 0.25) is 0 Å². The van der Waals surface area contributed by atoms with Gasteiger partial charge in [-0.3, -0.25) is 9.48 Å². The van der Waals surface area contributed by atoms with Gasteiger partial charge in [0, 0.05) is 18.4 Å². The summed E-state index contributed by atoms with van der Waals surface area (Å²) in [4.78, 5) is 14.1. The van der Waals surface area contributed by atoms with Crippen LogP contribution in [0.15, 0.2) is 42.6 Å². The third-order valence-corrected chi connectivity index (χ3v) is 3.07. The number of nitrogens with zero attached hydrogens (tertiary/aromatic N) is 3. The van der Waals surface area contributed by atoms with E-state index in [1.165, 1.54) is 0 Å². The molecule has 0 saturated carbocycles. The van der Waals surface area contributed by atoms with Crippen molar-refractivity contribution in [3.63, 3.8) is 0 Å². The number of carbonyl (C=O) groups excluding carboxylic acids is 1. The van der Waals surface area contributed by atoms with Gasteiger partial charge < -0.3 is 4.90 Å². The Morgan fingerprint density at radius 2 is 1.94 bits per heavy atom. The summed E-state index contributed by atoms with van der Waals surface area (Å²) in [5.74, 6) is 0.0202. The Kier molecular flexibility index (Phi) is 3.43. The maximum absolute atomic E-state index is 12.3. The monoisotopic (exact) mass is 261 g/mol. The van der Waals surface area contributed by atoms with E-state index in [0.29, 0.717) is 12.2 Å². The van der Waals surface area contributed by atoms with E-state index in [-0.39, 0.29) is 25.4 Å². The van der Waals surface area contributed by atoms with Crippen LogP contribution in [0.4, 0.5) is 5.69 Å². The second-order valence-electron chi connectivity index (χ2n) is 4.26. The predicted molar refractivity (Wildman–Crippen MR) is 75.4 cm³/mol. The Morgan fingerprint density at radius 1 is 1.22 bits per heavy atom. The number of benzene rings is 1. The van der Waals surface area contributed by atoms with E-state index in [0.717, 1.165) is 5.69 Å². The molecule has 0 saturated heterocycles. The zero-order valence-corrected chi connectivity index (χ0v) is 11.1. The number of carbonyl (C=O) groups is 1. The van der Waals surface area contributed by atoms with Gasteiger partial charge in [0.15, 0.2) is 0 Å². The molecule has 0 N–H and O–H groups in total. The lowest BCUT2D eigenvalue weighted by Crippen LogP contribution is -2.42. The molecule has 1 aromatic heterocycles. The van der Waals surface area contributed by atoms with Crippen LogP contribution in [0.5, 0.6) is 0 Å². The molecule has 0 radical (unpaired) electrons. The summed E-state index contributed by atoms with van der Waals surface area (Å²) in [5.41, 5.74) is 1.60. The molecule has 1 aliphatic rings. The van der Waals surface area contributed by atoms with E-state index in [1.807, 2.05) is 35.2 Å². The van der Waals surface area contributed by atoms with E-state index < -0.39 is 0 Å². The van der Waals surface area contributed by atoms with Crippen LogP contribution in [0, 0.1) is 0 Å². The summed E-state index contributed by atoms with van der Waals surface area (Å²) in [7, 11) is 0. The first-order chi connectivity index (χ1) is 8.27. The maximum atomic E-state index is 12.3. The van der Waals surface area contributed by atoms with Crippen molar-refractivity contribution in [3.8, 4) is 0 Å². The molecule has 0 spiro atoms. The lowest BCUT2D eigenvalue weighted by Gasteiger charge is -2.31. The summed E-state index contributed by atoms with van der Waals surface area (Å²) >= 11 is 0. The van der Waals surface area contributed by atoms with Gasteiger partial charge in [-0.15, -0.1) is 0 Å². The van der Waals surface area contributed by atoms with Gasteiger partial charge in [0.2, 0.25) is 0 Å². The van der Waals surface area contributed by atoms with Crippen molar-refractivity contribution in [3.05, 3.63) is 48.3 Å². The van der Waals surface area contributed by atoms with Gasteiger partial charge in [0.1, 0.15) is 5.69 Å². The number of rotatable bonds is 1. The van der Waals surface area contributed by atoms with Crippen molar-refractivity contribution in [2.75, 3.05) is 11.4 Å². The Labute approximate surface area is 113 Å². The quantitative estimate of drug-likeness (QED) is 0.789. The minimum absolute atomic E-state index is 0. The number of aromatic nitrogens is 2. The molecule has 3 rings (SSSR count). The molecule has 0 bridgehead atoms. The Hall–Kier alpha value is -1.75. The number of hydrogen-bond donors (Lipinski definition) is 0. The highest BCUT2D eigenvalue weighted by Crippen LogP contribution is 2.25. The minimum Gasteiger partial charge on any atom is -0.305 e. The first kappa shape index (κ1) is 12.7. The Bertz CT molecular complexity index is 552. The van der Waals surface area contributed by atoms with Gasteiger partial charge in [-0.1, -0.05) is 18.2 Å². The van der Waals surface area contributed by atoms with E-state index in [4.69, 9.17) is 0 Å². The largest absolute Gasteiger partial charge is 0.305 e. The summed E-state index contributed by atoms with van der Waals surface area (Å²) in [6, 6.07) is 11.7. The van der Waals surface area contributed by atoms with Gasteiger partial charge >= 0.3 is 0 Å². The predicted octanol–water partition coefficient (Wildman–Crippen LogP) is 2.22. The van der Waals surface area contributed by atoms with Crippen molar-refractivity contribution in [2.24, 2.45) is 0 Å². The second-order valence-corrected chi connectivity index (χ2v) is 4.26. The fourth-order valence-electron chi connectivity index (χ4n) is 2.23. The van der Waals surface area contributed by atoms with Crippen LogP contribution in [0.25, 0.3) is 0 Å². The summed E-state index contributed by atoms with van der Waals surface area (Å²) < 4.78 is 1.79. The van der Waals surface area contributed by atoms with E-state index in [1.54, 1.807) is 16.9 Å². The second kappa shape index (κ2) is 4.86. The molecule has 2 aromatic rings. The first-order valence-electron chi connectivity index (χ1n) is 5.68. The smallest absolute Gasteiger partial charge is 0.276 e. The molecule has 4 nitrogen and oxygen atoms in total.